The lowest BCUT2D eigenvalue weighted by molar-refractivity contribution is -0.136. The SMILES string of the molecule is Cc1cc(OCC(=O)N2CCC2)ccc1C(C)C. The molecule has 0 N–H and O–H groups in total. The molecule has 98 valence electrons. The number of amides is 1. The molecular formula is C15H21NO2. The first kappa shape index (κ1) is 12.9. The van der Waals surface area contributed by atoms with Crippen LogP contribution < -0.4 is 4.74 Å². The van der Waals surface area contributed by atoms with Crippen molar-refractivity contribution in [2.45, 2.75) is 33.1 Å². The van der Waals surface area contributed by atoms with Crippen LogP contribution >= 0.6 is 0 Å². The van der Waals surface area contributed by atoms with Crippen molar-refractivity contribution in [2.75, 3.05) is 19.7 Å². The van der Waals surface area contributed by atoms with Gasteiger partial charge in [0.1, 0.15) is 5.75 Å². The Labute approximate surface area is 109 Å². The number of nitrogens with zero attached hydrogens (tertiary/aromatic N) is 1. The summed E-state index contributed by atoms with van der Waals surface area (Å²) in [6.07, 6.45) is 1.12. The molecule has 1 aliphatic rings. The van der Waals surface area contributed by atoms with E-state index in [0.717, 1.165) is 25.3 Å². The standard InChI is InChI=1S/C15H21NO2/c1-11(2)14-6-5-13(9-12(14)3)18-10-15(17)16-7-4-8-16/h5-6,9,11H,4,7-8,10H2,1-3H3. The van der Waals surface area contributed by atoms with E-state index in [9.17, 15) is 4.79 Å². The van der Waals surface area contributed by atoms with Crippen LogP contribution in [0.4, 0.5) is 0 Å². The first-order valence-electron chi connectivity index (χ1n) is 6.59. The molecule has 0 atom stereocenters. The van der Waals surface area contributed by atoms with E-state index in [1.165, 1.54) is 11.1 Å². The minimum absolute atomic E-state index is 0.0897. The summed E-state index contributed by atoms with van der Waals surface area (Å²) < 4.78 is 5.55. The highest BCUT2D eigenvalue weighted by Gasteiger charge is 2.20. The van der Waals surface area contributed by atoms with Crippen LogP contribution in [0.15, 0.2) is 18.2 Å². The van der Waals surface area contributed by atoms with Crippen molar-refractivity contribution in [3.8, 4) is 5.75 Å². The van der Waals surface area contributed by atoms with Crippen molar-refractivity contribution in [3.05, 3.63) is 29.3 Å². The van der Waals surface area contributed by atoms with Crippen LogP contribution in [0.5, 0.6) is 5.75 Å². The van der Waals surface area contributed by atoms with Gasteiger partial charge in [0.15, 0.2) is 6.61 Å². The van der Waals surface area contributed by atoms with E-state index < -0.39 is 0 Å². The summed E-state index contributed by atoms with van der Waals surface area (Å²) in [5, 5.41) is 0. The maximum atomic E-state index is 11.7. The zero-order valence-corrected chi connectivity index (χ0v) is 11.4. The molecule has 0 aliphatic carbocycles. The number of carbonyl (C=O) groups excluding carboxylic acids is 1. The van der Waals surface area contributed by atoms with Crippen molar-refractivity contribution in [3.63, 3.8) is 0 Å². The number of carbonyl (C=O) groups is 1. The number of hydrogen-bond acceptors (Lipinski definition) is 2. The zero-order chi connectivity index (χ0) is 13.1. The molecule has 0 aromatic heterocycles. The molecule has 0 unspecified atom stereocenters. The van der Waals surface area contributed by atoms with E-state index in [4.69, 9.17) is 4.74 Å². The average Bonchev–Trinajstić information content (AvgIpc) is 2.23. The third-order valence-electron chi connectivity index (χ3n) is 3.43. The van der Waals surface area contributed by atoms with Gasteiger partial charge in [0.2, 0.25) is 0 Å². The Hall–Kier alpha value is -1.51. The number of ether oxygens (including phenoxy) is 1. The molecule has 1 aromatic carbocycles. The molecule has 1 aromatic rings. The maximum absolute atomic E-state index is 11.7. The minimum atomic E-state index is 0.0897. The summed E-state index contributed by atoms with van der Waals surface area (Å²) in [5.74, 6) is 1.39. The van der Waals surface area contributed by atoms with E-state index in [1.807, 2.05) is 17.0 Å². The van der Waals surface area contributed by atoms with E-state index in [-0.39, 0.29) is 12.5 Å². The van der Waals surface area contributed by atoms with Gasteiger partial charge in [-0.1, -0.05) is 19.9 Å². The summed E-state index contributed by atoms with van der Waals surface area (Å²) in [5.41, 5.74) is 2.55. The molecule has 1 saturated heterocycles. The number of likely N-dealkylation sites (tertiary alicyclic amines) is 1. The van der Waals surface area contributed by atoms with Gasteiger partial charge < -0.3 is 9.64 Å². The quantitative estimate of drug-likeness (QED) is 0.818. The molecule has 3 heteroatoms. The highest BCUT2D eigenvalue weighted by atomic mass is 16.5. The molecule has 0 radical (unpaired) electrons. The Morgan fingerprint density at radius 3 is 2.61 bits per heavy atom. The molecule has 0 bridgehead atoms. The third kappa shape index (κ3) is 2.84. The van der Waals surface area contributed by atoms with Crippen molar-refractivity contribution in [1.82, 2.24) is 4.90 Å². The largest absolute Gasteiger partial charge is 0.484 e. The normalized spacial score (nSPS) is 14.6. The predicted molar refractivity (Wildman–Crippen MR) is 72.0 cm³/mol. The van der Waals surface area contributed by atoms with E-state index >= 15 is 0 Å². The van der Waals surface area contributed by atoms with Crippen LogP contribution in [0.3, 0.4) is 0 Å². The van der Waals surface area contributed by atoms with Crippen molar-refractivity contribution < 1.29 is 9.53 Å². The molecule has 1 amide bonds. The van der Waals surface area contributed by atoms with E-state index in [0.29, 0.717) is 5.92 Å². The number of rotatable bonds is 4. The topological polar surface area (TPSA) is 29.5 Å². The van der Waals surface area contributed by atoms with Gasteiger partial charge in [-0.2, -0.15) is 0 Å². The second-order valence-electron chi connectivity index (χ2n) is 5.20. The molecule has 0 saturated carbocycles. The van der Waals surface area contributed by atoms with Crippen LogP contribution in [-0.2, 0) is 4.79 Å². The monoisotopic (exact) mass is 247 g/mol. The van der Waals surface area contributed by atoms with Gasteiger partial charge in [0.05, 0.1) is 0 Å². The van der Waals surface area contributed by atoms with Crippen molar-refractivity contribution in [2.24, 2.45) is 0 Å². The summed E-state index contributed by atoms with van der Waals surface area (Å²) >= 11 is 0. The van der Waals surface area contributed by atoms with Crippen molar-refractivity contribution >= 4 is 5.91 Å². The van der Waals surface area contributed by atoms with Gasteiger partial charge in [-0.25, -0.2) is 0 Å². The lowest BCUT2D eigenvalue weighted by Gasteiger charge is -2.30. The highest BCUT2D eigenvalue weighted by molar-refractivity contribution is 5.78. The predicted octanol–water partition coefficient (Wildman–Crippen LogP) is 2.73. The Morgan fingerprint density at radius 1 is 1.39 bits per heavy atom. The van der Waals surface area contributed by atoms with Crippen LogP contribution in [0, 0.1) is 6.92 Å². The molecule has 18 heavy (non-hydrogen) atoms. The van der Waals surface area contributed by atoms with Gasteiger partial charge in [0, 0.05) is 13.1 Å². The molecular weight excluding hydrogens is 226 g/mol. The number of benzene rings is 1. The molecule has 3 nitrogen and oxygen atoms in total. The van der Waals surface area contributed by atoms with Crippen LogP contribution in [0.25, 0.3) is 0 Å². The average molecular weight is 247 g/mol. The lowest BCUT2D eigenvalue weighted by atomic mass is 9.98. The van der Waals surface area contributed by atoms with E-state index in [1.54, 1.807) is 0 Å². The van der Waals surface area contributed by atoms with Gasteiger partial charge in [-0.3, -0.25) is 4.79 Å². The van der Waals surface area contributed by atoms with Gasteiger partial charge in [-0.05, 0) is 42.5 Å². The molecule has 1 aliphatic heterocycles. The second-order valence-corrected chi connectivity index (χ2v) is 5.20. The Balaban J connectivity index is 1.93. The van der Waals surface area contributed by atoms with Gasteiger partial charge in [0.25, 0.3) is 5.91 Å². The molecule has 2 rings (SSSR count). The second kappa shape index (κ2) is 5.42. The van der Waals surface area contributed by atoms with Gasteiger partial charge in [-0.15, -0.1) is 0 Å². The fourth-order valence-corrected chi connectivity index (χ4v) is 2.19. The maximum Gasteiger partial charge on any atom is 0.260 e. The summed E-state index contributed by atoms with van der Waals surface area (Å²) in [4.78, 5) is 13.5. The first-order chi connectivity index (χ1) is 8.58. The number of aryl methyl sites for hydroxylation is 1. The molecule has 1 fully saturated rings. The Bertz CT molecular complexity index is 436. The Kier molecular flexibility index (Phi) is 3.90. The van der Waals surface area contributed by atoms with Gasteiger partial charge >= 0.3 is 0 Å². The van der Waals surface area contributed by atoms with E-state index in [2.05, 4.69) is 26.8 Å². The fourth-order valence-electron chi connectivity index (χ4n) is 2.19. The molecule has 0 spiro atoms. The molecule has 1 heterocycles. The lowest BCUT2D eigenvalue weighted by Crippen LogP contribution is -2.44. The summed E-state index contributed by atoms with van der Waals surface area (Å²) in [6.45, 7) is 8.35. The zero-order valence-electron chi connectivity index (χ0n) is 11.4. The van der Waals surface area contributed by atoms with Crippen LogP contribution in [0.2, 0.25) is 0 Å². The summed E-state index contributed by atoms with van der Waals surface area (Å²) in [7, 11) is 0. The highest BCUT2D eigenvalue weighted by Crippen LogP contribution is 2.23. The fraction of sp³-hybridized carbons (Fsp3) is 0.533. The minimum Gasteiger partial charge on any atom is -0.484 e. The first-order valence-corrected chi connectivity index (χ1v) is 6.59. The van der Waals surface area contributed by atoms with Crippen LogP contribution in [-0.4, -0.2) is 30.5 Å². The van der Waals surface area contributed by atoms with Crippen LogP contribution in [0.1, 0.15) is 37.3 Å². The smallest absolute Gasteiger partial charge is 0.260 e. The Morgan fingerprint density at radius 2 is 2.11 bits per heavy atom. The number of hydrogen-bond donors (Lipinski definition) is 0. The third-order valence-corrected chi connectivity index (χ3v) is 3.43. The van der Waals surface area contributed by atoms with Crippen molar-refractivity contribution in [1.29, 1.82) is 0 Å². The summed E-state index contributed by atoms with van der Waals surface area (Å²) in [6, 6.07) is 6.05.